The maximum Gasteiger partial charge on any atom is -0.00703 e. The molecule has 0 aliphatic heterocycles. The number of hydrogen-bond acceptors (Lipinski definition) is 1. The summed E-state index contributed by atoms with van der Waals surface area (Å²) in [7, 11) is 0. The molecular weight excluding hydrogens is 176 g/mol. The van der Waals surface area contributed by atoms with Crippen molar-refractivity contribution >= 4 is 11.8 Å². The Morgan fingerprint density at radius 1 is 0.923 bits per heavy atom. The minimum absolute atomic E-state index is 1.20. The van der Waals surface area contributed by atoms with E-state index in [0.29, 0.717) is 0 Å². The summed E-state index contributed by atoms with van der Waals surface area (Å²) in [5.74, 6) is 1.34. The summed E-state index contributed by atoms with van der Waals surface area (Å²) in [5.41, 5.74) is 0. The lowest BCUT2D eigenvalue weighted by Gasteiger charge is -2.00. The fourth-order valence-corrected chi connectivity index (χ4v) is 1.91. The first-order chi connectivity index (χ1) is 6.41. The molecule has 0 nitrogen and oxygen atoms in total. The molecule has 0 N–H and O–H groups in total. The Hall–Kier alpha value is 0.0900. The minimum Gasteiger partial charge on any atom is -0.165 e. The van der Waals surface area contributed by atoms with Gasteiger partial charge in [0.1, 0.15) is 0 Å². The fraction of sp³-hybridized carbons (Fsp3) is 0.833. The zero-order valence-electron chi connectivity index (χ0n) is 9.06. The van der Waals surface area contributed by atoms with Gasteiger partial charge in [0, 0.05) is 0 Å². The molecule has 0 aromatic carbocycles. The molecule has 0 aliphatic carbocycles. The van der Waals surface area contributed by atoms with E-state index in [2.05, 4.69) is 12.8 Å². The second kappa shape index (κ2) is 12.1. The highest BCUT2D eigenvalue weighted by Crippen LogP contribution is 2.09. The summed E-state index contributed by atoms with van der Waals surface area (Å²) < 4.78 is 0. The van der Waals surface area contributed by atoms with Crippen molar-refractivity contribution in [3.8, 4) is 0 Å². The number of rotatable bonds is 10. The monoisotopic (exact) mass is 200 g/mol. The van der Waals surface area contributed by atoms with Crippen molar-refractivity contribution in [2.24, 2.45) is 0 Å². The Balaban J connectivity index is 2.79. The molecule has 1 heteroatoms. The Bertz CT molecular complexity index is 99.3. The molecule has 0 bridgehead atoms. The largest absolute Gasteiger partial charge is 0.165 e. The van der Waals surface area contributed by atoms with Gasteiger partial charge in [0.2, 0.25) is 0 Å². The molecule has 0 aliphatic rings. The van der Waals surface area contributed by atoms with Gasteiger partial charge in [-0.3, -0.25) is 0 Å². The van der Waals surface area contributed by atoms with Crippen LogP contribution in [-0.4, -0.2) is 12.0 Å². The molecule has 13 heavy (non-hydrogen) atoms. The van der Waals surface area contributed by atoms with Crippen LogP contribution in [-0.2, 0) is 0 Å². The van der Waals surface area contributed by atoms with Crippen LogP contribution >= 0.6 is 11.8 Å². The van der Waals surface area contributed by atoms with E-state index < -0.39 is 0 Å². The molecule has 0 rings (SSSR count). The molecule has 0 unspecified atom stereocenters. The highest BCUT2D eigenvalue weighted by atomic mass is 32.2. The van der Waals surface area contributed by atoms with Crippen molar-refractivity contribution in [1.82, 2.24) is 0 Å². The van der Waals surface area contributed by atoms with Crippen LogP contribution in [0.15, 0.2) is 12.7 Å². The van der Waals surface area contributed by atoms with E-state index in [1.165, 1.54) is 57.1 Å². The predicted octanol–water partition coefficient (Wildman–Crippen LogP) is 4.66. The molecule has 0 saturated carbocycles. The van der Waals surface area contributed by atoms with Crippen molar-refractivity contribution in [2.75, 3.05) is 12.0 Å². The van der Waals surface area contributed by atoms with Crippen molar-refractivity contribution in [1.29, 1.82) is 0 Å². The highest BCUT2D eigenvalue weighted by molar-refractivity contribution is 7.98. The minimum atomic E-state index is 1.20. The Morgan fingerprint density at radius 3 is 2.00 bits per heavy atom. The molecule has 0 radical (unpaired) electrons. The Morgan fingerprint density at radius 2 is 1.46 bits per heavy atom. The molecule has 0 aromatic heterocycles. The van der Waals surface area contributed by atoms with E-state index in [1.807, 2.05) is 17.8 Å². The van der Waals surface area contributed by atoms with Gasteiger partial charge >= 0.3 is 0 Å². The highest BCUT2D eigenvalue weighted by Gasteiger charge is 1.90. The predicted molar refractivity (Wildman–Crippen MR) is 65.5 cm³/mol. The summed E-state index contributed by atoms with van der Waals surface area (Å²) in [5, 5.41) is 0. The lowest BCUT2D eigenvalue weighted by atomic mass is 10.1. The average Bonchev–Trinajstić information content (AvgIpc) is 2.16. The van der Waals surface area contributed by atoms with Gasteiger partial charge in [-0.25, -0.2) is 0 Å². The van der Waals surface area contributed by atoms with E-state index in [-0.39, 0.29) is 0 Å². The first-order valence-electron chi connectivity index (χ1n) is 5.51. The first kappa shape index (κ1) is 13.1. The van der Waals surface area contributed by atoms with Gasteiger partial charge in [-0.1, -0.05) is 38.2 Å². The van der Waals surface area contributed by atoms with E-state index in [9.17, 15) is 0 Å². The topological polar surface area (TPSA) is 0 Å². The van der Waals surface area contributed by atoms with Crippen LogP contribution in [0.25, 0.3) is 0 Å². The van der Waals surface area contributed by atoms with Crippen molar-refractivity contribution in [3.63, 3.8) is 0 Å². The normalized spacial score (nSPS) is 10.2. The summed E-state index contributed by atoms with van der Waals surface area (Å²) in [6.07, 6.45) is 15.3. The Kier molecular flexibility index (Phi) is 12.2. The zero-order valence-corrected chi connectivity index (χ0v) is 9.87. The third-order valence-electron chi connectivity index (χ3n) is 2.26. The SMILES string of the molecule is C=CCCCCCCCCCSC. The molecule has 0 heterocycles. The lowest BCUT2D eigenvalue weighted by Crippen LogP contribution is -1.82. The van der Waals surface area contributed by atoms with Crippen LogP contribution in [0, 0.1) is 0 Å². The Labute approximate surface area is 88.2 Å². The first-order valence-corrected chi connectivity index (χ1v) is 6.91. The van der Waals surface area contributed by atoms with Crippen LogP contribution in [0.5, 0.6) is 0 Å². The van der Waals surface area contributed by atoms with Crippen LogP contribution in [0.2, 0.25) is 0 Å². The molecule has 0 fully saturated rings. The van der Waals surface area contributed by atoms with Crippen LogP contribution < -0.4 is 0 Å². The number of unbranched alkanes of at least 4 members (excludes halogenated alkanes) is 7. The van der Waals surface area contributed by atoms with Gasteiger partial charge in [0.05, 0.1) is 0 Å². The van der Waals surface area contributed by atoms with Gasteiger partial charge in [0.15, 0.2) is 0 Å². The summed E-state index contributed by atoms with van der Waals surface area (Å²) in [6, 6.07) is 0. The molecular formula is C12H24S. The zero-order chi connectivity index (χ0) is 9.78. The van der Waals surface area contributed by atoms with E-state index in [4.69, 9.17) is 0 Å². The van der Waals surface area contributed by atoms with Crippen molar-refractivity contribution < 1.29 is 0 Å². The van der Waals surface area contributed by atoms with Gasteiger partial charge in [-0.15, -0.1) is 6.58 Å². The average molecular weight is 200 g/mol. The van der Waals surface area contributed by atoms with Crippen molar-refractivity contribution in [2.45, 2.75) is 51.4 Å². The smallest absolute Gasteiger partial charge is 0.00703 e. The van der Waals surface area contributed by atoms with Gasteiger partial charge in [0.25, 0.3) is 0 Å². The molecule has 78 valence electrons. The quantitative estimate of drug-likeness (QED) is 0.365. The summed E-state index contributed by atoms with van der Waals surface area (Å²) in [6.45, 7) is 3.73. The van der Waals surface area contributed by atoms with Crippen LogP contribution in [0.1, 0.15) is 51.4 Å². The summed E-state index contributed by atoms with van der Waals surface area (Å²) >= 11 is 1.97. The van der Waals surface area contributed by atoms with Gasteiger partial charge < -0.3 is 0 Å². The third-order valence-corrected chi connectivity index (χ3v) is 2.95. The maximum atomic E-state index is 3.73. The molecule has 0 aromatic rings. The van der Waals surface area contributed by atoms with Crippen molar-refractivity contribution in [3.05, 3.63) is 12.7 Å². The molecule has 0 spiro atoms. The number of allylic oxidation sites excluding steroid dienone is 1. The second-order valence-corrected chi connectivity index (χ2v) is 4.53. The second-order valence-electron chi connectivity index (χ2n) is 3.55. The fourth-order valence-electron chi connectivity index (χ4n) is 1.42. The van der Waals surface area contributed by atoms with E-state index in [1.54, 1.807) is 0 Å². The number of hydrogen-bond donors (Lipinski definition) is 0. The third kappa shape index (κ3) is 12.1. The summed E-state index contributed by atoms with van der Waals surface area (Å²) in [4.78, 5) is 0. The standard InChI is InChI=1S/C12H24S/c1-3-4-5-6-7-8-9-10-11-12-13-2/h3H,1,4-12H2,2H3. The maximum absolute atomic E-state index is 3.73. The van der Waals surface area contributed by atoms with Gasteiger partial charge in [-0.2, -0.15) is 11.8 Å². The number of thioether (sulfide) groups is 1. The van der Waals surface area contributed by atoms with E-state index >= 15 is 0 Å². The van der Waals surface area contributed by atoms with Gasteiger partial charge in [-0.05, 0) is 31.3 Å². The van der Waals surface area contributed by atoms with Crippen LogP contribution in [0.4, 0.5) is 0 Å². The van der Waals surface area contributed by atoms with E-state index in [0.717, 1.165) is 0 Å². The molecule has 0 saturated heterocycles. The lowest BCUT2D eigenvalue weighted by molar-refractivity contribution is 0.594. The van der Waals surface area contributed by atoms with Crippen LogP contribution in [0.3, 0.4) is 0 Å². The molecule has 0 amide bonds. The molecule has 0 atom stereocenters.